The van der Waals surface area contributed by atoms with Crippen molar-refractivity contribution in [3.63, 3.8) is 0 Å². The summed E-state index contributed by atoms with van der Waals surface area (Å²) >= 11 is 0. The van der Waals surface area contributed by atoms with Crippen molar-refractivity contribution >= 4 is 5.97 Å². The number of aliphatic hydroxyl groups is 12. The van der Waals surface area contributed by atoms with Crippen molar-refractivity contribution in [3.05, 3.63) is 22.8 Å². The van der Waals surface area contributed by atoms with Crippen LogP contribution in [0.15, 0.2) is 22.8 Å². The molecule has 3 saturated carbocycles. The van der Waals surface area contributed by atoms with E-state index in [1.165, 1.54) is 6.92 Å². The summed E-state index contributed by atoms with van der Waals surface area (Å²) in [5, 5.41) is 128. The molecule has 7 fully saturated rings. The van der Waals surface area contributed by atoms with Crippen molar-refractivity contribution in [1.82, 2.24) is 0 Å². The molecule has 4 saturated heterocycles. The van der Waals surface area contributed by atoms with Gasteiger partial charge in [-0.2, -0.15) is 0 Å². The van der Waals surface area contributed by atoms with Crippen molar-refractivity contribution in [2.45, 2.75) is 236 Å². The first-order valence-electron chi connectivity index (χ1n) is 26.9. The maximum Gasteiger partial charge on any atom is 0.318 e. The fourth-order valence-corrected chi connectivity index (χ4v) is 15.8. The Bertz CT molecular complexity index is 2100. The molecule has 27 unspecified atom stereocenters. The molecule has 0 radical (unpaired) electrons. The summed E-state index contributed by atoms with van der Waals surface area (Å²) in [6.07, 6.45) is -21.2. The molecule has 12 N–H and O–H groups in total. The average molecular weight is 1060 g/mol. The van der Waals surface area contributed by atoms with Gasteiger partial charge in [-0.15, -0.1) is 0 Å². The SMILES string of the molecule is CC1=C2C3=CCC4C5(C)CCC(OC6OCC(O)C(OC7OC(CO)C(O)C(O)C7O)C6OC6OC(C)C(O)C(O)C6O)C(C)(C)C5CCC4(C)C3(C)CCC2(C(=O)OC2OC(CO)C(O)C(O)C2O)CCC1C. The summed E-state index contributed by atoms with van der Waals surface area (Å²) in [5.74, 6) is -0.0396. The molecule has 4 aliphatic heterocycles. The summed E-state index contributed by atoms with van der Waals surface area (Å²) in [7, 11) is 0. The van der Waals surface area contributed by atoms with E-state index >= 15 is 0 Å². The van der Waals surface area contributed by atoms with Crippen LogP contribution >= 0.6 is 0 Å². The smallest absolute Gasteiger partial charge is 0.318 e. The highest BCUT2D eigenvalue weighted by molar-refractivity contribution is 5.84. The van der Waals surface area contributed by atoms with Crippen LogP contribution in [0.3, 0.4) is 0 Å². The maximum absolute atomic E-state index is 14.8. The van der Waals surface area contributed by atoms with Crippen molar-refractivity contribution < 1.29 is 104 Å². The van der Waals surface area contributed by atoms with Crippen LogP contribution in [0, 0.1) is 44.8 Å². The Labute approximate surface area is 432 Å². The largest absolute Gasteiger partial charge is 0.432 e. The molecular formula is C53H84O21. The number of allylic oxidation sites excluding steroid dienone is 3. The molecule has 422 valence electrons. The highest BCUT2D eigenvalue weighted by Crippen LogP contribution is 2.75. The number of hydrogen-bond donors (Lipinski definition) is 12. The lowest BCUT2D eigenvalue weighted by Gasteiger charge is -2.70. The Morgan fingerprint density at radius 2 is 1.20 bits per heavy atom. The third-order valence-electron chi connectivity index (χ3n) is 20.7. The molecule has 21 nitrogen and oxygen atoms in total. The molecule has 9 aliphatic rings. The zero-order valence-corrected chi connectivity index (χ0v) is 43.9. The molecule has 0 aromatic carbocycles. The fraction of sp³-hybridized carbons (Fsp3) is 0.906. The van der Waals surface area contributed by atoms with Gasteiger partial charge in [0, 0.05) is 0 Å². The van der Waals surface area contributed by atoms with E-state index in [9.17, 15) is 66.1 Å². The molecular weight excluding hydrogens is 973 g/mol. The lowest BCUT2D eigenvalue weighted by Crippen LogP contribution is -2.66. The minimum absolute atomic E-state index is 0.118. The Morgan fingerprint density at radius 3 is 1.84 bits per heavy atom. The van der Waals surface area contributed by atoms with Gasteiger partial charge in [0.1, 0.15) is 85.5 Å². The van der Waals surface area contributed by atoms with Crippen molar-refractivity contribution in [3.8, 4) is 0 Å². The highest BCUT2D eigenvalue weighted by atomic mass is 16.8. The first-order chi connectivity index (χ1) is 34.7. The normalized spacial score (nSPS) is 53.5. The third kappa shape index (κ3) is 8.91. The standard InChI is InChI=1S/C53H84O21/c1-22-11-16-53(48(66)74-46-41(65)38(62)35(59)28(20-55)70-46)18-17-51(7)25(32(53)23(22)2)9-10-30-50(6)14-13-31(49(4,5)29(50)12-15-52(30,51)8)71-47-43(73-44-39(63)36(60)33(57)24(3)68-44)42(26(56)21-67-47)72-45-40(64)37(61)34(58)27(19-54)69-45/h9,22,24,26-31,33-47,54-65H,10-21H2,1-8H3. The maximum atomic E-state index is 14.8. The van der Waals surface area contributed by atoms with Crippen LogP contribution in [0.1, 0.15) is 113 Å². The quantitative estimate of drug-likeness (QED) is 0.0974. The Balaban J connectivity index is 0.981. The van der Waals surface area contributed by atoms with Crippen LogP contribution in [-0.2, 0) is 42.7 Å². The molecule has 0 aromatic heterocycles. The predicted octanol–water partition coefficient (Wildman–Crippen LogP) is -0.448. The van der Waals surface area contributed by atoms with E-state index in [2.05, 4.69) is 54.5 Å². The van der Waals surface area contributed by atoms with Crippen LogP contribution in [0.4, 0.5) is 0 Å². The molecule has 9 rings (SSSR count). The number of rotatable bonds is 10. The zero-order chi connectivity index (χ0) is 53.9. The van der Waals surface area contributed by atoms with Gasteiger partial charge in [0.05, 0.1) is 37.4 Å². The van der Waals surface area contributed by atoms with Gasteiger partial charge in [0.25, 0.3) is 0 Å². The molecule has 74 heavy (non-hydrogen) atoms. The predicted molar refractivity (Wildman–Crippen MR) is 255 cm³/mol. The first-order valence-corrected chi connectivity index (χ1v) is 26.9. The molecule has 0 bridgehead atoms. The second-order valence-electron chi connectivity index (χ2n) is 24.8. The summed E-state index contributed by atoms with van der Waals surface area (Å²) in [6, 6.07) is 0. The van der Waals surface area contributed by atoms with Crippen molar-refractivity contribution in [2.24, 2.45) is 44.8 Å². The van der Waals surface area contributed by atoms with Gasteiger partial charge in [0.15, 0.2) is 18.9 Å². The molecule has 4 heterocycles. The van der Waals surface area contributed by atoms with Crippen LogP contribution in [0.2, 0.25) is 0 Å². The molecule has 0 aromatic rings. The number of carbonyl (C=O) groups excluding carboxylic acids is 1. The minimum Gasteiger partial charge on any atom is -0.432 e. The molecule has 5 aliphatic carbocycles. The van der Waals surface area contributed by atoms with E-state index in [4.69, 9.17) is 37.9 Å². The van der Waals surface area contributed by atoms with Gasteiger partial charge in [-0.25, -0.2) is 0 Å². The summed E-state index contributed by atoms with van der Waals surface area (Å²) in [6.45, 7) is 15.6. The molecule has 27 atom stereocenters. The Hall–Kier alpha value is -1.81. The summed E-state index contributed by atoms with van der Waals surface area (Å²) in [5.41, 5.74) is 0.921. The number of fused-ring (bicyclic) bond motifs is 7. The van der Waals surface area contributed by atoms with Crippen LogP contribution < -0.4 is 0 Å². The molecule has 21 heteroatoms. The van der Waals surface area contributed by atoms with E-state index in [-0.39, 0.29) is 40.6 Å². The van der Waals surface area contributed by atoms with Crippen LogP contribution in [-0.4, -0.2) is 210 Å². The second kappa shape index (κ2) is 20.7. The fourth-order valence-electron chi connectivity index (χ4n) is 15.8. The summed E-state index contributed by atoms with van der Waals surface area (Å²) in [4.78, 5) is 14.8. The Kier molecular flexibility index (Phi) is 15.9. The van der Waals surface area contributed by atoms with Crippen molar-refractivity contribution in [1.29, 1.82) is 0 Å². The molecule has 0 amide bonds. The van der Waals surface area contributed by atoms with E-state index in [0.717, 1.165) is 48.8 Å². The third-order valence-corrected chi connectivity index (χ3v) is 20.7. The first kappa shape index (κ1) is 56.9. The average Bonchev–Trinajstić information content (AvgIpc) is 3.36. The lowest BCUT2D eigenvalue weighted by atomic mass is 9.34. The van der Waals surface area contributed by atoms with Gasteiger partial charge < -0.3 is 99.2 Å². The van der Waals surface area contributed by atoms with Gasteiger partial charge >= 0.3 is 5.97 Å². The van der Waals surface area contributed by atoms with Gasteiger partial charge in [0.2, 0.25) is 6.29 Å². The number of aliphatic hydroxyl groups excluding tert-OH is 12. The minimum atomic E-state index is -1.83. The van der Waals surface area contributed by atoms with Gasteiger partial charge in [-0.05, 0) is 122 Å². The zero-order valence-electron chi connectivity index (χ0n) is 43.9. The van der Waals surface area contributed by atoms with Crippen LogP contribution in [0.5, 0.6) is 0 Å². The number of hydrogen-bond acceptors (Lipinski definition) is 21. The molecule has 0 spiro atoms. The Morgan fingerprint density at radius 1 is 0.622 bits per heavy atom. The van der Waals surface area contributed by atoms with E-state index in [0.29, 0.717) is 25.7 Å². The van der Waals surface area contributed by atoms with Crippen LogP contribution in [0.25, 0.3) is 0 Å². The van der Waals surface area contributed by atoms with E-state index in [1.807, 2.05) is 0 Å². The lowest BCUT2D eigenvalue weighted by molar-refractivity contribution is -0.388. The number of carbonyl (C=O) groups is 1. The number of ether oxygens (including phenoxy) is 8. The second-order valence-corrected chi connectivity index (χ2v) is 24.8. The topological polar surface area (TPSA) is 334 Å². The monoisotopic (exact) mass is 1060 g/mol. The van der Waals surface area contributed by atoms with Gasteiger partial charge in [-0.1, -0.05) is 53.2 Å². The summed E-state index contributed by atoms with van der Waals surface area (Å²) < 4.78 is 48.9. The van der Waals surface area contributed by atoms with Gasteiger partial charge in [-0.3, -0.25) is 4.79 Å². The highest BCUT2D eigenvalue weighted by Gasteiger charge is 2.69. The van der Waals surface area contributed by atoms with E-state index in [1.54, 1.807) is 0 Å². The van der Waals surface area contributed by atoms with Crippen molar-refractivity contribution in [2.75, 3.05) is 19.8 Å². The number of esters is 1. The van der Waals surface area contributed by atoms with E-state index < -0.39 is 153 Å².